The number of halogens is 1. The molecule has 1 nitrogen and oxygen atoms in total. The van der Waals surface area contributed by atoms with Crippen LogP contribution in [0.2, 0.25) is 0 Å². The second-order valence-corrected chi connectivity index (χ2v) is 5.25. The third-order valence-electron chi connectivity index (χ3n) is 1.87. The molecule has 0 N–H and O–H groups in total. The van der Waals surface area contributed by atoms with Crippen LogP contribution in [0.25, 0.3) is 0 Å². The summed E-state index contributed by atoms with van der Waals surface area (Å²) < 4.78 is 13.7. The first kappa shape index (κ1) is 10.6. The number of aromatic nitrogens is 1. The second-order valence-electron chi connectivity index (χ2n) is 3.17. The molecular formula is C11H10FNS2. The molecule has 0 aliphatic carbocycles. The van der Waals surface area contributed by atoms with E-state index in [9.17, 15) is 4.39 Å². The van der Waals surface area contributed by atoms with Crippen molar-refractivity contribution in [2.45, 2.75) is 17.0 Å². The standard InChI is InChI=1S/C11H10FNS2/c1-8-6-14-11(13-8)15-7-9-2-4-10(12)5-3-9/h2-6H,7H2,1H3. The van der Waals surface area contributed by atoms with Crippen LogP contribution >= 0.6 is 23.1 Å². The number of aryl methyl sites for hydroxylation is 1. The molecule has 0 bridgehead atoms. The van der Waals surface area contributed by atoms with Gasteiger partial charge >= 0.3 is 0 Å². The van der Waals surface area contributed by atoms with Crippen LogP contribution in [0.15, 0.2) is 34.0 Å². The average Bonchev–Trinajstić information content (AvgIpc) is 2.64. The largest absolute Gasteiger partial charge is 0.235 e. The van der Waals surface area contributed by atoms with Crippen LogP contribution in [0.1, 0.15) is 11.3 Å². The molecular weight excluding hydrogens is 229 g/mol. The molecule has 0 radical (unpaired) electrons. The minimum absolute atomic E-state index is 0.186. The summed E-state index contributed by atoms with van der Waals surface area (Å²) in [5.41, 5.74) is 2.18. The lowest BCUT2D eigenvalue weighted by atomic mass is 10.2. The highest BCUT2D eigenvalue weighted by Gasteiger charge is 2.00. The van der Waals surface area contributed by atoms with Crippen molar-refractivity contribution >= 4 is 23.1 Å². The molecule has 4 heteroatoms. The molecule has 0 aliphatic rings. The van der Waals surface area contributed by atoms with Crippen LogP contribution in [0, 0.1) is 12.7 Å². The zero-order valence-electron chi connectivity index (χ0n) is 8.24. The first-order chi connectivity index (χ1) is 7.24. The van der Waals surface area contributed by atoms with E-state index in [1.807, 2.05) is 24.4 Å². The van der Waals surface area contributed by atoms with Crippen LogP contribution in [-0.4, -0.2) is 4.98 Å². The minimum Gasteiger partial charge on any atom is -0.235 e. The fourth-order valence-corrected chi connectivity index (χ4v) is 2.93. The molecule has 0 saturated carbocycles. The van der Waals surface area contributed by atoms with Crippen molar-refractivity contribution < 1.29 is 4.39 Å². The molecule has 0 spiro atoms. The summed E-state index contributed by atoms with van der Waals surface area (Å²) in [6, 6.07) is 6.59. The van der Waals surface area contributed by atoms with Gasteiger partial charge in [0.15, 0.2) is 0 Å². The summed E-state index contributed by atoms with van der Waals surface area (Å²) in [6.07, 6.45) is 0. The van der Waals surface area contributed by atoms with Gasteiger partial charge in [-0.1, -0.05) is 23.9 Å². The highest BCUT2D eigenvalue weighted by Crippen LogP contribution is 2.25. The van der Waals surface area contributed by atoms with Gasteiger partial charge in [-0.05, 0) is 24.6 Å². The molecule has 1 aromatic heterocycles. The number of thiazole rings is 1. The van der Waals surface area contributed by atoms with E-state index in [2.05, 4.69) is 4.98 Å². The number of hydrogen-bond donors (Lipinski definition) is 0. The van der Waals surface area contributed by atoms with E-state index in [-0.39, 0.29) is 5.82 Å². The molecule has 0 aliphatic heterocycles. The lowest BCUT2D eigenvalue weighted by Gasteiger charge is -1.98. The van der Waals surface area contributed by atoms with Crippen molar-refractivity contribution in [3.63, 3.8) is 0 Å². The predicted molar refractivity (Wildman–Crippen MR) is 62.8 cm³/mol. The van der Waals surface area contributed by atoms with E-state index >= 15 is 0 Å². The van der Waals surface area contributed by atoms with E-state index in [1.54, 1.807) is 23.1 Å². The Morgan fingerprint density at radius 1 is 1.33 bits per heavy atom. The second kappa shape index (κ2) is 4.77. The monoisotopic (exact) mass is 239 g/mol. The Morgan fingerprint density at radius 3 is 2.67 bits per heavy atom. The number of thioether (sulfide) groups is 1. The van der Waals surface area contributed by atoms with E-state index < -0.39 is 0 Å². The van der Waals surface area contributed by atoms with Crippen molar-refractivity contribution in [2.75, 3.05) is 0 Å². The fourth-order valence-electron chi connectivity index (χ4n) is 1.12. The highest BCUT2D eigenvalue weighted by molar-refractivity contribution is 8.00. The Balaban J connectivity index is 1.96. The van der Waals surface area contributed by atoms with Gasteiger partial charge < -0.3 is 0 Å². The Kier molecular flexibility index (Phi) is 3.38. The molecule has 0 unspecified atom stereocenters. The van der Waals surface area contributed by atoms with Gasteiger partial charge in [0, 0.05) is 16.8 Å². The van der Waals surface area contributed by atoms with Crippen molar-refractivity contribution in [2.24, 2.45) is 0 Å². The molecule has 1 aromatic carbocycles. The molecule has 2 rings (SSSR count). The maximum absolute atomic E-state index is 12.6. The number of benzene rings is 1. The minimum atomic E-state index is -0.186. The van der Waals surface area contributed by atoms with Crippen molar-refractivity contribution in [3.05, 3.63) is 46.7 Å². The summed E-state index contributed by atoms with van der Waals surface area (Å²) in [5.74, 6) is 0.654. The van der Waals surface area contributed by atoms with Crippen molar-refractivity contribution in [3.8, 4) is 0 Å². The van der Waals surface area contributed by atoms with E-state index in [4.69, 9.17) is 0 Å². The normalized spacial score (nSPS) is 10.5. The molecule has 78 valence electrons. The zero-order valence-corrected chi connectivity index (χ0v) is 9.87. The SMILES string of the molecule is Cc1csc(SCc2ccc(F)cc2)n1. The number of rotatable bonds is 3. The Hall–Kier alpha value is -0.870. The molecule has 15 heavy (non-hydrogen) atoms. The van der Waals surface area contributed by atoms with Gasteiger partial charge in [0.2, 0.25) is 0 Å². The first-order valence-corrected chi connectivity index (χ1v) is 6.40. The van der Waals surface area contributed by atoms with Gasteiger partial charge in [0.05, 0.1) is 0 Å². The van der Waals surface area contributed by atoms with Gasteiger partial charge in [0.1, 0.15) is 10.2 Å². The number of nitrogens with zero attached hydrogens (tertiary/aromatic N) is 1. The fraction of sp³-hybridized carbons (Fsp3) is 0.182. The topological polar surface area (TPSA) is 12.9 Å². The van der Waals surface area contributed by atoms with Crippen LogP contribution in [0.4, 0.5) is 4.39 Å². The molecule has 1 heterocycles. The summed E-state index contributed by atoms with van der Waals surface area (Å²) in [7, 11) is 0. The van der Waals surface area contributed by atoms with Crippen molar-refractivity contribution in [1.29, 1.82) is 0 Å². The number of hydrogen-bond acceptors (Lipinski definition) is 3. The van der Waals surface area contributed by atoms with Crippen LogP contribution in [0.3, 0.4) is 0 Å². The summed E-state index contributed by atoms with van der Waals surface area (Å²) >= 11 is 3.33. The molecule has 0 fully saturated rings. The Labute approximate surface area is 96.4 Å². The third-order valence-corrected chi connectivity index (χ3v) is 4.08. The lowest BCUT2D eigenvalue weighted by molar-refractivity contribution is 0.627. The molecule has 0 amide bonds. The van der Waals surface area contributed by atoms with E-state index in [1.165, 1.54) is 12.1 Å². The zero-order chi connectivity index (χ0) is 10.7. The summed E-state index contributed by atoms with van der Waals surface area (Å²) in [4.78, 5) is 4.35. The smallest absolute Gasteiger partial charge is 0.150 e. The van der Waals surface area contributed by atoms with E-state index in [0.717, 1.165) is 21.3 Å². The van der Waals surface area contributed by atoms with Gasteiger partial charge in [-0.15, -0.1) is 11.3 Å². The van der Waals surface area contributed by atoms with Gasteiger partial charge in [-0.3, -0.25) is 0 Å². The van der Waals surface area contributed by atoms with Gasteiger partial charge in [0.25, 0.3) is 0 Å². The average molecular weight is 239 g/mol. The maximum atomic E-state index is 12.6. The molecule has 0 atom stereocenters. The van der Waals surface area contributed by atoms with Gasteiger partial charge in [-0.25, -0.2) is 9.37 Å². The van der Waals surface area contributed by atoms with Crippen molar-refractivity contribution in [1.82, 2.24) is 4.98 Å². The third kappa shape index (κ3) is 3.04. The van der Waals surface area contributed by atoms with E-state index in [0.29, 0.717) is 0 Å². The Bertz CT molecular complexity index is 436. The van der Waals surface area contributed by atoms with Crippen LogP contribution in [-0.2, 0) is 5.75 Å². The van der Waals surface area contributed by atoms with Gasteiger partial charge in [-0.2, -0.15) is 0 Å². The predicted octanol–water partition coefficient (Wildman–Crippen LogP) is 3.88. The summed E-state index contributed by atoms with van der Waals surface area (Å²) in [6.45, 7) is 1.98. The first-order valence-electron chi connectivity index (χ1n) is 4.53. The van der Waals surface area contributed by atoms with Crippen LogP contribution in [0.5, 0.6) is 0 Å². The lowest BCUT2D eigenvalue weighted by Crippen LogP contribution is -1.81. The summed E-state index contributed by atoms with van der Waals surface area (Å²) in [5, 5.41) is 2.03. The molecule has 0 saturated heterocycles. The van der Waals surface area contributed by atoms with Crippen LogP contribution < -0.4 is 0 Å². The quantitative estimate of drug-likeness (QED) is 0.754. The Morgan fingerprint density at radius 2 is 2.07 bits per heavy atom. The highest BCUT2D eigenvalue weighted by atomic mass is 32.2. The maximum Gasteiger partial charge on any atom is 0.150 e. The molecule has 2 aromatic rings.